The molecule has 1 heterocycles. The van der Waals surface area contributed by atoms with Crippen molar-refractivity contribution in [2.75, 3.05) is 0 Å². The van der Waals surface area contributed by atoms with Gasteiger partial charge in [-0.1, -0.05) is 0 Å². The van der Waals surface area contributed by atoms with Crippen LogP contribution in [0.5, 0.6) is 0 Å². The van der Waals surface area contributed by atoms with Crippen LogP contribution in [0.4, 0.5) is 4.79 Å². The number of rotatable bonds is 3. The summed E-state index contributed by atoms with van der Waals surface area (Å²) in [4.78, 5) is 21.9. The maximum atomic E-state index is 11.1. The topological polar surface area (TPSA) is 64.6 Å². The maximum absolute atomic E-state index is 11.1. The molecule has 0 bridgehead atoms. The molecule has 0 aromatic carbocycles. The number of carbonyl (C=O) groups is 2. The minimum absolute atomic E-state index is 0.333. The van der Waals surface area contributed by atoms with Gasteiger partial charge in [-0.2, -0.15) is 0 Å². The monoisotopic (exact) mass is 217 g/mol. The second kappa shape index (κ2) is 3.70. The molecule has 6 heteroatoms. The van der Waals surface area contributed by atoms with Crippen LogP contribution >= 0.6 is 0 Å². The Morgan fingerprint density at radius 2 is 2.00 bits per heavy atom. The number of amides is 1. The van der Waals surface area contributed by atoms with E-state index in [0.29, 0.717) is 0 Å². The standard InChI is InChI=1S/C8H15NO4Si/c1-5(13-14(2,3)4)6-7(10)12-8(11)9-6/h5-6H,1-4H3,(H,9,11)/t5-,6+/m0/s1. The lowest BCUT2D eigenvalue weighted by Gasteiger charge is -2.25. The van der Waals surface area contributed by atoms with E-state index in [-0.39, 0.29) is 6.10 Å². The Kier molecular flexibility index (Phi) is 2.96. The average molecular weight is 217 g/mol. The highest BCUT2D eigenvalue weighted by Gasteiger charge is 2.38. The van der Waals surface area contributed by atoms with Gasteiger partial charge in [0, 0.05) is 0 Å². The first kappa shape index (κ1) is 11.2. The first-order chi connectivity index (χ1) is 6.29. The molecule has 0 aliphatic carbocycles. The molecule has 0 unspecified atom stereocenters. The summed E-state index contributed by atoms with van der Waals surface area (Å²) in [6, 6.07) is -0.658. The number of ether oxygens (including phenoxy) is 1. The van der Waals surface area contributed by atoms with Crippen LogP contribution in [0, 0.1) is 0 Å². The summed E-state index contributed by atoms with van der Waals surface area (Å²) in [6.45, 7) is 7.82. The molecular formula is C8H15NO4Si. The van der Waals surface area contributed by atoms with Crippen LogP contribution in [0.25, 0.3) is 0 Å². The van der Waals surface area contributed by atoms with Crippen LogP contribution in [0.2, 0.25) is 19.6 Å². The van der Waals surface area contributed by atoms with Crippen LogP contribution in [0.3, 0.4) is 0 Å². The summed E-state index contributed by atoms with van der Waals surface area (Å²) in [5, 5.41) is 2.41. The number of cyclic esters (lactones) is 2. The quantitative estimate of drug-likeness (QED) is 0.432. The van der Waals surface area contributed by atoms with Gasteiger partial charge in [0.05, 0.1) is 6.10 Å². The highest BCUT2D eigenvalue weighted by atomic mass is 28.4. The van der Waals surface area contributed by atoms with Crippen molar-refractivity contribution in [2.24, 2.45) is 0 Å². The minimum atomic E-state index is -1.70. The Balaban J connectivity index is 2.57. The first-order valence-corrected chi connectivity index (χ1v) is 7.90. The fourth-order valence-electron chi connectivity index (χ4n) is 1.30. The minimum Gasteiger partial charge on any atom is -0.412 e. The van der Waals surface area contributed by atoms with Crippen molar-refractivity contribution < 1.29 is 18.8 Å². The van der Waals surface area contributed by atoms with Crippen LogP contribution in [-0.2, 0) is 14.0 Å². The van der Waals surface area contributed by atoms with Gasteiger partial charge in [-0.15, -0.1) is 0 Å². The summed E-state index contributed by atoms with van der Waals surface area (Å²) in [5.74, 6) is -0.555. The first-order valence-electron chi connectivity index (χ1n) is 4.49. The van der Waals surface area contributed by atoms with Crippen LogP contribution in [0.15, 0.2) is 0 Å². The predicted molar refractivity (Wildman–Crippen MR) is 52.3 cm³/mol. The highest BCUT2D eigenvalue weighted by molar-refractivity contribution is 6.69. The Bertz CT molecular complexity index is 261. The van der Waals surface area contributed by atoms with Crippen molar-refractivity contribution in [1.82, 2.24) is 5.32 Å². The van der Waals surface area contributed by atoms with Crippen LogP contribution in [-0.4, -0.2) is 32.5 Å². The van der Waals surface area contributed by atoms with E-state index in [9.17, 15) is 9.59 Å². The second-order valence-corrected chi connectivity index (χ2v) is 8.73. The van der Waals surface area contributed by atoms with Gasteiger partial charge in [0.15, 0.2) is 14.4 Å². The van der Waals surface area contributed by atoms with Gasteiger partial charge in [-0.3, -0.25) is 0 Å². The lowest BCUT2D eigenvalue weighted by molar-refractivity contribution is -0.137. The smallest absolute Gasteiger partial charge is 0.412 e. The number of nitrogens with one attached hydrogen (secondary N) is 1. The van der Waals surface area contributed by atoms with Gasteiger partial charge < -0.3 is 14.5 Å². The van der Waals surface area contributed by atoms with Crippen molar-refractivity contribution in [3.05, 3.63) is 0 Å². The van der Waals surface area contributed by atoms with E-state index in [1.54, 1.807) is 6.92 Å². The van der Waals surface area contributed by atoms with E-state index in [1.165, 1.54) is 0 Å². The van der Waals surface area contributed by atoms with Gasteiger partial charge in [0.2, 0.25) is 0 Å². The fraction of sp³-hybridized carbons (Fsp3) is 0.750. The maximum Gasteiger partial charge on any atom is 0.415 e. The van der Waals surface area contributed by atoms with E-state index in [0.717, 1.165) is 0 Å². The third-order valence-electron chi connectivity index (χ3n) is 1.73. The summed E-state index contributed by atoms with van der Waals surface area (Å²) in [7, 11) is -1.70. The summed E-state index contributed by atoms with van der Waals surface area (Å²) >= 11 is 0. The van der Waals surface area contributed by atoms with E-state index in [4.69, 9.17) is 4.43 Å². The molecule has 2 atom stereocenters. The van der Waals surface area contributed by atoms with Crippen LogP contribution < -0.4 is 5.32 Å². The van der Waals surface area contributed by atoms with Crippen molar-refractivity contribution in [1.29, 1.82) is 0 Å². The van der Waals surface area contributed by atoms with Gasteiger partial charge in [0.25, 0.3) is 0 Å². The van der Waals surface area contributed by atoms with Gasteiger partial charge in [-0.25, -0.2) is 9.59 Å². The lowest BCUT2D eigenvalue weighted by atomic mass is 10.2. The second-order valence-electron chi connectivity index (χ2n) is 4.27. The normalized spacial score (nSPS) is 24.4. The summed E-state index contributed by atoms with van der Waals surface area (Å²) in [6.07, 6.45) is -1.02. The molecule has 1 fully saturated rings. The molecule has 1 amide bonds. The zero-order valence-electron chi connectivity index (χ0n) is 8.79. The zero-order chi connectivity index (χ0) is 10.9. The van der Waals surface area contributed by atoms with Gasteiger partial charge in [-0.05, 0) is 26.6 Å². The summed E-state index contributed by atoms with van der Waals surface area (Å²) in [5.41, 5.74) is 0. The highest BCUT2D eigenvalue weighted by Crippen LogP contribution is 2.13. The molecule has 1 rings (SSSR count). The Hall–Kier alpha value is -0.883. The number of carbonyl (C=O) groups excluding carboxylic acids is 2. The lowest BCUT2D eigenvalue weighted by Crippen LogP contribution is -2.45. The molecular weight excluding hydrogens is 202 g/mol. The fourth-order valence-corrected chi connectivity index (χ4v) is 2.56. The SMILES string of the molecule is C[C@H](O[Si](C)(C)C)[C@H]1NC(=O)OC1=O. The van der Waals surface area contributed by atoms with Gasteiger partial charge >= 0.3 is 12.1 Å². The molecule has 0 spiro atoms. The summed E-state index contributed by atoms with van der Waals surface area (Å²) < 4.78 is 10.0. The molecule has 1 aliphatic heterocycles. The number of esters is 1. The third-order valence-corrected chi connectivity index (χ3v) is 2.81. The number of alkyl carbamates (subject to hydrolysis) is 1. The largest absolute Gasteiger partial charge is 0.415 e. The Morgan fingerprint density at radius 3 is 2.36 bits per heavy atom. The van der Waals surface area contributed by atoms with Gasteiger partial charge in [0.1, 0.15) is 0 Å². The van der Waals surface area contributed by atoms with Crippen molar-refractivity contribution in [3.8, 4) is 0 Å². The Labute approximate surface area is 83.9 Å². The molecule has 1 aliphatic rings. The molecule has 5 nitrogen and oxygen atoms in total. The van der Waals surface area contributed by atoms with E-state index in [2.05, 4.69) is 10.1 Å². The number of hydrogen-bond acceptors (Lipinski definition) is 4. The predicted octanol–water partition coefficient (Wildman–Crippen LogP) is 0.861. The molecule has 14 heavy (non-hydrogen) atoms. The molecule has 0 aromatic rings. The van der Waals surface area contributed by atoms with E-state index < -0.39 is 26.4 Å². The van der Waals surface area contributed by atoms with Crippen molar-refractivity contribution in [2.45, 2.75) is 38.7 Å². The molecule has 0 saturated carbocycles. The third kappa shape index (κ3) is 2.81. The Morgan fingerprint density at radius 1 is 1.43 bits per heavy atom. The van der Waals surface area contributed by atoms with E-state index in [1.807, 2.05) is 19.6 Å². The zero-order valence-corrected chi connectivity index (χ0v) is 9.79. The molecule has 80 valence electrons. The molecule has 1 saturated heterocycles. The molecule has 1 N–H and O–H groups in total. The van der Waals surface area contributed by atoms with Crippen LogP contribution in [0.1, 0.15) is 6.92 Å². The molecule has 0 aromatic heterocycles. The van der Waals surface area contributed by atoms with Crippen molar-refractivity contribution in [3.63, 3.8) is 0 Å². The van der Waals surface area contributed by atoms with E-state index >= 15 is 0 Å². The average Bonchev–Trinajstić information content (AvgIpc) is 2.26. The number of hydrogen-bond donors (Lipinski definition) is 1. The van der Waals surface area contributed by atoms with Crippen molar-refractivity contribution >= 4 is 20.4 Å². The molecule has 0 radical (unpaired) electrons.